The Morgan fingerprint density at radius 3 is 0.670 bits per heavy atom. The third-order valence-electron chi connectivity index (χ3n) is 20.7. The molecule has 4 unspecified atom stereocenters. The van der Waals surface area contributed by atoms with Crippen molar-refractivity contribution in [2.75, 3.05) is 39.6 Å². The van der Waals surface area contributed by atoms with Gasteiger partial charge < -0.3 is 33.8 Å². The summed E-state index contributed by atoms with van der Waals surface area (Å²) in [6.07, 6.45) is 65.3. The molecule has 0 saturated carbocycles. The normalized spacial score (nSPS) is 14.2. The van der Waals surface area contributed by atoms with Crippen LogP contribution in [-0.4, -0.2) is 96.7 Å². The molecule has 0 spiro atoms. The number of phosphoric acid groups is 2. The molecule has 0 saturated heterocycles. The summed E-state index contributed by atoms with van der Waals surface area (Å²) in [6.45, 7) is 14.3. The van der Waals surface area contributed by atoms with Gasteiger partial charge in [0.2, 0.25) is 0 Å². The van der Waals surface area contributed by atoms with Crippen molar-refractivity contribution in [2.24, 2.45) is 23.7 Å². The van der Waals surface area contributed by atoms with Crippen molar-refractivity contribution < 1.29 is 80.2 Å². The molecule has 0 aliphatic carbocycles. The van der Waals surface area contributed by atoms with Gasteiger partial charge in [-0.1, -0.05) is 402 Å². The van der Waals surface area contributed by atoms with E-state index in [0.717, 1.165) is 114 Å². The van der Waals surface area contributed by atoms with Gasteiger partial charge in [-0.25, -0.2) is 9.13 Å². The Balaban J connectivity index is 5.23. The smallest absolute Gasteiger partial charge is 0.462 e. The van der Waals surface area contributed by atoms with Gasteiger partial charge in [0.15, 0.2) is 12.2 Å². The summed E-state index contributed by atoms with van der Waals surface area (Å²) in [4.78, 5) is 73.2. The van der Waals surface area contributed by atoms with Crippen LogP contribution in [-0.2, 0) is 65.4 Å². The lowest BCUT2D eigenvalue weighted by atomic mass is 9.99. The molecule has 630 valence electrons. The number of hydrogen-bond donors (Lipinski definition) is 3. The Morgan fingerprint density at radius 2 is 0.453 bits per heavy atom. The monoisotopic (exact) mass is 1550 g/mol. The van der Waals surface area contributed by atoms with E-state index in [1.54, 1.807) is 0 Å². The zero-order chi connectivity index (χ0) is 78.1. The summed E-state index contributed by atoms with van der Waals surface area (Å²) in [6, 6.07) is 0. The van der Waals surface area contributed by atoms with E-state index in [9.17, 15) is 43.2 Å². The highest BCUT2D eigenvalue weighted by atomic mass is 31.2. The molecule has 0 aromatic heterocycles. The number of hydrogen-bond acceptors (Lipinski definition) is 15. The van der Waals surface area contributed by atoms with Crippen LogP contribution >= 0.6 is 15.6 Å². The van der Waals surface area contributed by atoms with Crippen LogP contribution in [0.15, 0.2) is 0 Å². The van der Waals surface area contributed by atoms with Gasteiger partial charge in [0, 0.05) is 25.7 Å². The van der Waals surface area contributed by atoms with Gasteiger partial charge in [-0.3, -0.25) is 37.3 Å². The topological polar surface area (TPSA) is 237 Å². The lowest BCUT2D eigenvalue weighted by molar-refractivity contribution is -0.161. The van der Waals surface area contributed by atoms with Gasteiger partial charge in [0.1, 0.15) is 19.3 Å². The standard InChI is InChI=1S/C87H170O17P2/c1-9-80(8)66-58-50-42-34-28-22-14-12-10-11-13-15-24-30-36-44-53-61-69-86(91)103-82(73-97-84(89)67-59-51-43-35-29-23-18-16-20-26-32-39-47-55-63-77(2)3)75-101-105(93,94)99-71-81(88)72-100-106(95,96)102-76-83(74-98-85(90)68-60-52-46-38-41-49-57-65-79(6)7)104-87(92)70-62-54-45-37-31-25-19-17-21-27-33-40-48-56-64-78(4)5/h77-83,88H,9-76H2,1-8H3,(H,93,94)(H,95,96)/t80?,81?,82-,83-/m1/s1. The molecule has 0 aromatic rings. The average Bonchev–Trinajstić information content (AvgIpc) is 0.899. The Hall–Kier alpha value is -1.94. The van der Waals surface area contributed by atoms with Gasteiger partial charge in [-0.2, -0.15) is 0 Å². The van der Waals surface area contributed by atoms with Crippen molar-refractivity contribution >= 4 is 39.5 Å². The fourth-order valence-corrected chi connectivity index (χ4v) is 15.0. The summed E-state index contributed by atoms with van der Waals surface area (Å²) in [5.41, 5.74) is 0. The SMILES string of the molecule is CCC(C)CCCCCCCCCCCCCCCCCCCCC(=O)O[C@H](COC(=O)CCCCCCCCCCCCCCCCC(C)C)COP(=O)(O)OCC(O)COP(=O)(O)OC[C@@H](COC(=O)CCCCCCCCCC(C)C)OC(=O)CCCCCCCCCCCCCCCCC(C)C. The number of rotatable bonds is 84. The van der Waals surface area contributed by atoms with Gasteiger partial charge in [-0.15, -0.1) is 0 Å². The Bertz CT molecular complexity index is 2060. The first kappa shape index (κ1) is 104. The first-order chi connectivity index (χ1) is 51.1. The summed E-state index contributed by atoms with van der Waals surface area (Å²) >= 11 is 0. The lowest BCUT2D eigenvalue weighted by Gasteiger charge is -2.21. The molecule has 3 N–H and O–H groups in total. The summed E-state index contributed by atoms with van der Waals surface area (Å²) in [7, 11) is -9.93. The third kappa shape index (κ3) is 78.7. The third-order valence-corrected chi connectivity index (χ3v) is 22.6. The molecule has 0 bridgehead atoms. The highest BCUT2D eigenvalue weighted by molar-refractivity contribution is 7.47. The van der Waals surface area contributed by atoms with Gasteiger partial charge in [-0.05, 0) is 49.4 Å². The minimum absolute atomic E-state index is 0.107. The molecular weight excluding hydrogens is 1380 g/mol. The molecule has 106 heavy (non-hydrogen) atoms. The van der Waals surface area contributed by atoms with Crippen molar-refractivity contribution in [3.8, 4) is 0 Å². The van der Waals surface area contributed by atoms with E-state index in [-0.39, 0.29) is 25.7 Å². The molecular formula is C87H170O17P2. The largest absolute Gasteiger partial charge is 0.472 e. The van der Waals surface area contributed by atoms with Crippen molar-refractivity contribution in [3.05, 3.63) is 0 Å². The van der Waals surface area contributed by atoms with E-state index in [4.69, 9.17) is 37.0 Å². The van der Waals surface area contributed by atoms with Crippen molar-refractivity contribution in [2.45, 2.75) is 472 Å². The second kappa shape index (κ2) is 75.7. The fraction of sp³-hybridized carbons (Fsp3) is 0.954. The van der Waals surface area contributed by atoms with Crippen LogP contribution in [0.4, 0.5) is 0 Å². The molecule has 19 heteroatoms. The van der Waals surface area contributed by atoms with Gasteiger partial charge in [0.25, 0.3) is 0 Å². The van der Waals surface area contributed by atoms with Crippen molar-refractivity contribution in [3.63, 3.8) is 0 Å². The molecule has 17 nitrogen and oxygen atoms in total. The highest BCUT2D eigenvalue weighted by Gasteiger charge is 2.31. The maximum Gasteiger partial charge on any atom is 0.472 e. The van der Waals surface area contributed by atoms with Crippen LogP contribution in [0.2, 0.25) is 0 Å². The van der Waals surface area contributed by atoms with Crippen LogP contribution in [0.3, 0.4) is 0 Å². The molecule has 0 aliphatic heterocycles. The number of carbonyl (C=O) groups is 4. The average molecular weight is 1550 g/mol. The van der Waals surface area contributed by atoms with Crippen LogP contribution < -0.4 is 0 Å². The minimum Gasteiger partial charge on any atom is -0.462 e. The van der Waals surface area contributed by atoms with E-state index in [2.05, 4.69) is 55.4 Å². The first-order valence-electron chi connectivity index (χ1n) is 44.7. The second-order valence-corrected chi connectivity index (χ2v) is 35.9. The minimum atomic E-state index is -4.97. The predicted molar refractivity (Wildman–Crippen MR) is 437 cm³/mol. The molecule has 0 aliphatic rings. The molecule has 0 heterocycles. The Labute approximate surface area is 651 Å². The van der Waals surface area contributed by atoms with Crippen molar-refractivity contribution in [1.29, 1.82) is 0 Å². The summed E-state index contributed by atoms with van der Waals surface area (Å²) in [5, 5.41) is 10.7. The quantitative estimate of drug-likeness (QED) is 0.0222. The number of carbonyl (C=O) groups excluding carboxylic acids is 4. The molecule has 0 rings (SSSR count). The zero-order valence-corrected chi connectivity index (χ0v) is 71.9. The van der Waals surface area contributed by atoms with Gasteiger partial charge in [0.05, 0.1) is 26.4 Å². The van der Waals surface area contributed by atoms with E-state index < -0.39 is 97.5 Å². The fourth-order valence-electron chi connectivity index (χ4n) is 13.5. The van der Waals surface area contributed by atoms with Crippen molar-refractivity contribution in [1.82, 2.24) is 0 Å². The Morgan fingerprint density at radius 1 is 0.264 bits per heavy atom. The number of unbranched alkanes of at least 4 members (excludes halogenated alkanes) is 49. The number of ether oxygens (including phenoxy) is 4. The van der Waals surface area contributed by atoms with E-state index in [1.165, 1.54) is 250 Å². The Kier molecular flexibility index (Phi) is 74.3. The number of aliphatic hydroxyl groups is 1. The molecule has 6 atom stereocenters. The predicted octanol–water partition coefficient (Wildman–Crippen LogP) is 26.3. The summed E-state index contributed by atoms with van der Waals surface area (Å²) < 4.78 is 68.9. The van der Waals surface area contributed by atoms with Crippen LogP contribution in [0, 0.1) is 23.7 Å². The van der Waals surface area contributed by atoms with Gasteiger partial charge >= 0.3 is 39.5 Å². The number of esters is 4. The molecule has 0 fully saturated rings. The number of aliphatic hydroxyl groups excluding tert-OH is 1. The highest BCUT2D eigenvalue weighted by Crippen LogP contribution is 2.45. The van der Waals surface area contributed by atoms with E-state index in [0.29, 0.717) is 31.6 Å². The maximum atomic E-state index is 13.2. The van der Waals surface area contributed by atoms with Crippen LogP contribution in [0.1, 0.15) is 453 Å². The van der Waals surface area contributed by atoms with Crippen LogP contribution in [0.25, 0.3) is 0 Å². The second-order valence-electron chi connectivity index (χ2n) is 33.0. The maximum absolute atomic E-state index is 13.2. The van der Waals surface area contributed by atoms with E-state index >= 15 is 0 Å². The molecule has 0 aromatic carbocycles. The summed E-state index contributed by atoms with van der Waals surface area (Å²) in [5.74, 6) is 1.06. The lowest BCUT2D eigenvalue weighted by Crippen LogP contribution is -2.30. The zero-order valence-electron chi connectivity index (χ0n) is 70.1. The van der Waals surface area contributed by atoms with E-state index in [1.807, 2.05) is 0 Å². The molecule has 0 amide bonds. The van der Waals surface area contributed by atoms with Crippen LogP contribution in [0.5, 0.6) is 0 Å². The number of phosphoric ester groups is 2. The first-order valence-corrected chi connectivity index (χ1v) is 47.7. The molecule has 0 radical (unpaired) electrons.